The second-order valence-electron chi connectivity index (χ2n) is 7.77. The van der Waals surface area contributed by atoms with E-state index in [-0.39, 0.29) is 5.91 Å². The lowest BCUT2D eigenvalue weighted by Crippen LogP contribution is -2.48. The molecule has 7 nitrogen and oxygen atoms in total. The van der Waals surface area contributed by atoms with Gasteiger partial charge in [-0.3, -0.25) is 4.79 Å². The zero-order valence-electron chi connectivity index (χ0n) is 16.7. The molecule has 0 aromatic carbocycles. The van der Waals surface area contributed by atoms with Crippen molar-refractivity contribution < 1.29 is 9.21 Å². The van der Waals surface area contributed by atoms with Gasteiger partial charge in [0.05, 0.1) is 5.69 Å². The van der Waals surface area contributed by atoms with Crippen molar-refractivity contribution in [2.75, 3.05) is 31.1 Å². The van der Waals surface area contributed by atoms with Gasteiger partial charge in [0.1, 0.15) is 17.0 Å². The van der Waals surface area contributed by atoms with E-state index in [9.17, 15) is 4.79 Å². The van der Waals surface area contributed by atoms with Crippen molar-refractivity contribution in [1.82, 2.24) is 19.5 Å². The van der Waals surface area contributed by atoms with Gasteiger partial charge in [0.2, 0.25) is 5.91 Å². The smallest absolute Gasteiger partial charge is 0.246 e. The van der Waals surface area contributed by atoms with Crippen LogP contribution in [0.5, 0.6) is 0 Å². The molecule has 1 fully saturated rings. The van der Waals surface area contributed by atoms with Gasteiger partial charge in [-0.1, -0.05) is 0 Å². The topological polar surface area (TPSA) is 66.9 Å². The number of hydrogen-bond donors (Lipinski definition) is 0. The Bertz CT molecular complexity index is 1070. The highest BCUT2D eigenvalue weighted by molar-refractivity contribution is 5.91. The van der Waals surface area contributed by atoms with Gasteiger partial charge in [-0.25, -0.2) is 9.50 Å². The summed E-state index contributed by atoms with van der Waals surface area (Å²) in [4.78, 5) is 21.4. The van der Waals surface area contributed by atoms with Gasteiger partial charge < -0.3 is 14.2 Å². The van der Waals surface area contributed by atoms with Gasteiger partial charge in [-0.15, -0.1) is 0 Å². The average molecular weight is 391 g/mol. The number of anilines is 1. The highest BCUT2D eigenvalue weighted by atomic mass is 16.3. The van der Waals surface area contributed by atoms with E-state index < -0.39 is 0 Å². The van der Waals surface area contributed by atoms with Crippen LogP contribution in [0.3, 0.4) is 0 Å². The summed E-state index contributed by atoms with van der Waals surface area (Å²) in [6, 6.07) is 3.77. The summed E-state index contributed by atoms with van der Waals surface area (Å²) in [6.45, 7) is 4.79. The van der Waals surface area contributed by atoms with Crippen LogP contribution in [0, 0.1) is 6.92 Å². The highest BCUT2D eigenvalue weighted by Gasteiger charge is 2.25. The molecule has 5 rings (SSSR count). The molecule has 4 heterocycles. The second kappa shape index (κ2) is 7.39. The van der Waals surface area contributed by atoms with Crippen LogP contribution in [-0.2, 0) is 17.6 Å². The Kier molecular flexibility index (Phi) is 4.58. The predicted molar refractivity (Wildman–Crippen MR) is 111 cm³/mol. The molecule has 0 atom stereocenters. The van der Waals surface area contributed by atoms with Gasteiger partial charge in [-0.05, 0) is 50.8 Å². The fourth-order valence-electron chi connectivity index (χ4n) is 4.32. The van der Waals surface area contributed by atoms with Crippen LogP contribution in [0.1, 0.15) is 35.6 Å². The van der Waals surface area contributed by atoms with Crippen LogP contribution in [0.25, 0.3) is 11.6 Å². The lowest BCUT2D eigenvalue weighted by atomic mass is 9.97. The maximum Gasteiger partial charge on any atom is 0.246 e. The molecule has 1 amide bonds. The Hall–Kier alpha value is -3.09. The normalized spacial score (nSPS) is 17.3. The number of carbonyl (C=O) groups excluding carboxylic acids is 1. The molecule has 29 heavy (non-hydrogen) atoms. The van der Waals surface area contributed by atoms with E-state index in [1.54, 1.807) is 12.2 Å². The Balaban J connectivity index is 1.30. The Morgan fingerprint density at radius 2 is 1.97 bits per heavy atom. The molecule has 1 aliphatic heterocycles. The zero-order valence-corrected chi connectivity index (χ0v) is 16.7. The first-order valence-corrected chi connectivity index (χ1v) is 10.3. The van der Waals surface area contributed by atoms with Gasteiger partial charge in [0.15, 0.2) is 5.82 Å². The molecule has 0 radical (unpaired) electrons. The monoisotopic (exact) mass is 391 g/mol. The average Bonchev–Trinajstić information content (AvgIpc) is 3.35. The maximum atomic E-state index is 12.5. The molecule has 7 heteroatoms. The molecule has 3 aromatic rings. The third-order valence-corrected chi connectivity index (χ3v) is 5.84. The van der Waals surface area contributed by atoms with Crippen molar-refractivity contribution in [3.63, 3.8) is 0 Å². The number of aryl methyl sites for hydroxylation is 3. The second-order valence-corrected chi connectivity index (χ2v) is 7.77. The molecule has 0 unspecified atom stereocenters. The number of piperazine rings is 1. The maximum absolute atomic E-state index is 12.5. The summed E-state index contributed by atoms with van der Waals surface area (Å²) in [7, 11) is 0. The van der Waals surface area contributed by atoms with Crippen molar-refractivity contribution >= 4 is 23.3 Å². The van der Waals surface area contributed by atoms with E-state index in [0.29, 0.717) is 18.8 Å². The van der Waals surface area contributed by atoms with Crippen LogP contribution in [0.4, 0.5) is 5.82 Å². The predicted octanol–water partition coefficient (Wildman–Crippen LogP) is 2.87. The van der Waals surface area contributed by atoms with Crippen molar-refractivity contribution in [3.8, 4) is 0 Å². The number of furan rings is 1. The van der Waals surface area contributed by atoms with Crippen LogP contribution < -0.4 is 4.90 Å². The molecule has 2 aliphatic rings. The first-order chi connectivity index (χ1) is 14.2. The summed E-state index contributed by atoms with van der Waals surface area (Å²) in [5, 5.41) is 4.77. The van der Waals surface area contributed by atoms with Crippen molar-refractivity contribution in [1.29, 1.82) is 0 Å². The molecule has 0 bridgehead atoms. The number of amides is 1. The lowest BCUT2D eigenvalue weighted by molar-refractivity contribution is -0.126. The molecule has 3 aromatic heterocycles. The van der Waals surface area contributed by atoms with Gasteiger partial charge in [0.25, 0.3) is 0 Å². The summed E-state index contributed by atoms with van der Waals surface area (Å²) in [5.41, 5.74) is 3.72. The van der Waals surface area contributed by atoms with Gasteiger partial charge >= 0.3 is 0 Å². The SMILES string of the molecule is Cc1ccc(C=CC(=O)N2CCN(c3nccn4nc5c(c34)CCCC5)CC2)o1. The third-order valence-electron chi connectivity index (χ3n) is 5.84. The van der Waals surface area contributed by atoms with Crippen LogP contribution in [0.2, 0.25) is 0 Å². The van der Waals surface area contributed by atoms with Gasteiger partial charge in [0, 0.05) is 50.2 Å². The van der Waals surface area contributed by atoms with E-state index in [0.717, 1.165) is 43.0 Å². The van der Waals surface area contributed by atoms with E-state index in [1.165, 1.54) is 24.1 Å². The first-order valence-electron chi connectivity index (χ1n) is 10.3. The quantitative estimate of drug-likeness (QED) is 0.643. The molecular formula is C22H25N5O2. The van der Waals surface area contributed by atoms with Crippen molar-refractivity contribution in [3.05, 3.63) is 53.4 Å². The Labute approximate surface area is 169 Å². The molecule has 1 aliphatic carbocycles. The fraction of sp³-hybridized carbons (Fsp3) is 0.409. The van der Waals surface area contributed by atoms with Crippen molar-refractivity contribution in [2.24, 2.45) is 0 Å². The van der Waals surface area contributed by atoms with Gasteiger partial charge in [-0.2, -0.15) is 5.10 Å². The number of rotatable bonds is 3. The minimum atomic E-state index is 0.0200. The number of fused-ring (bicyclic) bond motifs is 3. The van der Waals surface area contributed by atoms with E-state index >= 15 is 0 Å². The van der Waals surface area contributed by atoms with Crippen LogP contribution >= 0.6 is 0 Å². The van der Waals surface area contributed by atoms with E-state index in [1.807, 2.05) is 40.9 Å². The Morgan fingerprint density at radius 3 is 2.76 bits per heavy atom. The molecule has 0 N–H and O–H groups in total. The van der Waals surface area contributed by atoms with E-state index in [4.69, 9.17) is 14.5 Å². The molecule has 0 saturated carbocycles. The molecule has 150 valence electrons. The summed E-state index contributed by atoms with van der Waals surface area (Å²) < 4.78 is 7.48. The zero-order chi connectivity index (χ0) is 19.8. The van der Waals surface area contributed by atoms with Crippen molar-refractivity contribution in [2.45, 2.75) is 32.6 Å². The molecule has 1 saturated heterocycles. The number of nitrogens with zero attached hydrogens (tertiary/aromatic N) is 5. The summed E-state index contributed by atoms with van der Waals surface area (Å²) in [6.07, 6.45) is 11.7. The summed E-state index contributed by atoms with van der Waals surface area (Å²) in [5.74, 6) is 2.56. The molecular weight excluding hydrogens is 366 g/mol. The lowest BCUT2D eigenvalue weighted by Gasteiger charge is -2.35. The largest absolute Gasteiger partial charge is 0.462 e. The minimum absolute atomic E-state index is 0.0200. The number of hydrogen-bond acceptors (Lipinski definition) is 5. The van der Waals surface area contributed by atoms with Crippen LogP contribution in [0.15, 0.2) is 35.0 Å². The first kappa shape index (κ1) is 18.0. The highest BCUT2D eigenvalue weighted by Crippen LogP contribution is 2.30. The van der Waals surface area contributed by atoms with Crippen LogP contribution in [-0.4, -0.2) is 51.6 Å². The minimum Gasteiger partial charge on any atom is -0.462 e. The van der Waals surface area contributed by atoms with E-state index in [2.05, 4.69) is 4.90 Å². The molecule has 0 spiro atoms. The Morgan fingerprint density at radius 1 is 1.14 bits per heavy atom. The number of aromatic nitrogens is 3. The third kappa shape index (κ3) is 3.41. The number of carbonyl (C=O) groups is 1. The fourth-order valence-corrected chi connectivity index (χ4v) is 4.32. The summed E-state index contributed by atoms with van der Waals surface area (Å²) >= 11 is 0. The standard InChI is InChI=1S/C22H25N5O2/c1-16-6-7-17(29-16)8-9-20(28)25-12-14-26(15-13-25)22-21-18-4-2-3-5-19(18)24-27(21)11-10-23-22/h6-11H,2-5,12-15H2,1H3.